The average Bonchev–Trinajstić information content (AvgIpc) is 3.27. The summed E-state index contributed by atoms with van der Waals surface area (Å²) in [6.45, 7) is 4.10. The highest BCUT2D eigenvalue weighted by molar-refractivity contribution is 5.91. The van der Waals surface area contributed by atoms with Gasteiger partial charge in [0, 0.05) is 24.4 Å². The van der Waals surface area contributed by atoms with E-state index in [4.69, 9.17) is 13.9 Å². The van der Waals surface area contributed by atoms with Crippen LogP contribution in [0.25, 0.3) is 0 Å². The Balaban J connectivity index is 1.59. The number of amides is 1. The van der Waals surface area contributed by atoms with Crippen molar-refractivity contribution in [1.82, 2.24) is 15.1 Å². The molecule has 3 rings (SSSR count). The van der Waals surface area contributed by atoms with Crippen molar-refractivity contribution in [3.8, 4) is 11.5 Å². The predicted octanol–water partition coefficient (Wildman–Crippen LogP) is 3.40. The molecule has 0 bridgehead atoms. The summed E-state index contributed by atoms with van der Waals surface area (Å²) in [5.41, 5.74) is 1.98. The normalized spacial score (nSPS) is 11.9. The lowest BCUT2D eigenvalue weighted by Gasteiger charge is -2.12. The largest absolute Gasteiger partial charge is 0.497 e. The first-order chi connectivity index (χ1) is 13.0. The Morgan fingerprint density at radius 1 is 1.30 bits per heavy atom. The minimum absolute atomic E-state index is 0.173. The van der Waals surface area contributed by atoms with Gasteiger partial charge >= 0.3 is 0 Å². The topological polar surface area (TPSA) is 78.5 Å². The van der Waals surface area contributed by atoms with Crippen molar-refractivity contribution < 1.29 is 18.7 Å². The molecule has 0 saturated heterocycles. The van der Waals surface area contributed by atoms with Crippen molar-refractivity contribution in [3.63, 3.8) is 0 Å². The van der Waals surface area contributed by atoms with E-state index in [2.05, 4.69) is 10.4 Å². The van der Waals surface area contributed by atoms with Gasteiger partial charge in [0.25, 0.3) is 5.91 Å². The molecule has 0 aliphatic carbocycles. The van der Waals surface area contributed by atoms with Gasteiger partial charge in [-0.15, -0.1) is 0 Å². The van der Waals surface area contributed by atoms with E-state index in [0.29, 0.717) is 17.3 Å². The molecular formula is C20H23N3O4. The van der Waals surface area contributed by atoms with Gasteiger partial charge < -0.3 is 19.2 Å². The summed E-state index contributed by atoms with van der Waals surface area (Å²) in [6, 6.07) is 10.5. The maximum absolute atomic E-state index is 12.4. The number of hydrogen-bond acceptors (Lipinski definition) is 5. The van der Waals surface area contributed by atoms with Gasteiger partial charge in [-0.05, 0) is 38.1 Å². The third kappa shape index (κ3) is 4.31. The number of nitrogens with one attached hydrogen (secondary N) is 1. The highest BCUT2D eigenvalue weighted by atomic mass is 16.5. The van der Waals surface area contributed by atoms with E-state index >= 15 is 0 Å². The first kappa shape index (κ1) is 18.6. The Bertz CT molecular complexity index is 929. The van der Waals surface area contributed by atoms with Crippen molar-refractivity contribution >= 4 is 5.91 Å². The van der Waals surface area contributed by atoms with Gasteiger partial charge in [0.1, 0.15) is 23.9 Å². The molecule has 27 heavy (non-hydrogen) atoms. The molecule has 1 amide bonds. The van der Waals surface area contributed by atoms with Gasteiger partial charge in [0.2, 0.25) is 0 Å². The summed E-state index contributed by atoms with van der Waals surface area (Å²) in [6.07, 6.45) is 1.76. The number of aryl methyl sites for hydroxylation is 1. The van der Waals surface area contributed by atoms with Crippen LogP contribution >= 0.6 is 0 Å². The summed E-state index contributed by atoms with van der Waals surface area (Å²) in [5, 5.41) is 7.13. The second-order valence-corrected chi connectivity index (χ2v) is 6.24. The van der Waals surface area contributed by atoms with Crippen LogP contribution in [0.1, 0.15) is 40.5 Å². The molecule has 0 aliphatic rings. The van der Waals surface area contributed by atoms with Gasteiger partial charge in [-0.25, -0.2) is 0 Å². The van der Waals surface area contributed by atoms with E-state index < -0.39 is 0 Å². The fraction of sp³-hybridized carbons (Fsp3) is 0.300. The fourth-order valence-electron chi connectivity index (χ4n) is 2.71. The number of benzene rings is 1. The van der Waals surface area contributed by atoms with E-state index in [1.807, 2.05) is 39.1 Å². The van der Waals surface area contributed by atoms with Crippen molar-refractivity contribution in [2.45, 2.75) is 26.5 Å². The Morgan fingerprint density at radius 3 is 2.78 bits per heavy atom. The molecule has 0 aliphatic heterocycles. The number of hydrogen-bond donors (Lipinski definition) is 1. The molecule has 2 aromatic heterocycles. The number of aromatic nitrogens is 2. The number of carbonyl (C=O) groups excluding carboxylic acids is 1. The first-order valence-corrected chi connectivity index (χ1v) is 8.63. The van der Waals surface area contributed by atoms with E-state index in [-0.39, 0.29) is 24.3 Å². The zero-order valence-corrected chi connectivity index (χ0v) is 15.9. The Morgan fingerprint density at radius 2 is 2.07 bits per heavy atom. The number of furan rings is 1. The fourth-order valence-corrected chi connectivity index (χ4v) is 2.71. The first-order valence-electron chi connectivity index (χ1n) is 8.63. The highest BCUT2D eigenvalue weighted by Gasteiger charge is 2.18. The molecule has 0 fully saturated rings. The van der Waals surface area contributed by atoms with Crippen LogP contribution < -0.4 is 14.8 Å². The number of nitrogens with zero attached hydrogens (tertiary/aromatic N) is 2. The SMILES string of the molecule is COc1cccc(OCc2ccc(C(=O)NC(C)c3cnn(C)c3C)o2)c1. The summed E-state index contributed by atoms with van der Waals surface area (Å²) in [4.78, 5) is 12.4. The number of ether oxygens (including phenoxy) is 2. The Labute approximate surface area is 157 Å². The van der Waals surface area contributed by atoms with E-state index in [1.54, 1.807) is 36.2 Å². The monoisotopic (exact) mass is 369 g/mol. The van der Waals surface area contributed by atoms with Crippen LogP contribution in [0.15, 0.2) is 47.0 Å². The van der Waals surface area contributed by atoms with Gasteiger partial charge in [0.15, 0.2) is 5.76 Å². The highest BCUT2D eigenvalue weighted by Crippen LogP contribution is 2.21. The predicted molar refractivity (Wildman–Crippen MR) is 99.9 cm³/mol. The minimum Gasteiger partial charge on any atom is -0.497 e. The van der Waals surface area contributed by atoms with Crippen LogP contribution in [0, 0.1) is 6.92 Å². The molecule has 3 aromatic rings. The lowest BCUT2D eigenvalue weighted by atomic mass is 10.1. The summed E-state index contributed by atoms with van der Waals surface area (Å²) >= 11 is 0. The molecule has 2 heterocycles. The second-order valence-electron chi connectivity index (χ2n) is 6.24. The summed E-state index contributed by atoms with van der Waals surface area (Å²) in [5.74, 6) is 1.91. The summed E-state index contributed by atoms with van der Waals surface area (Å²) < 4.78 is 18.2. The number of carbonyl (C=O) groups is 1. The van der Waals surface area contributed by atoms with Crippen LogP contribution in [0.2, 0.25) is 0 Å². The van der Waals surface area contributed by atoms with E-state index in [1.165, 1.54) is 0 Å². The molecule has 0 radical (unpaired) electrons. The molecule has 1 unspecified atom stereocenters. The quantitative estimate of drug-likeness (QED) is 0.691. The third-order valence-corrected chi connectivity index (χ3v) is 4.40. The maximum atomic E-state index is 12.4. The summed E-state index contributed by atoms with van der Waals surface area (Å²) in [7, 11) is 3.47. The molecule has 1 atom stereocenters. The molecule has 0 saturated carbocycles. The van der Waals surface area contributed by atoms with Gasteiger partial charge in [-0.1, -0.05) is 6.07 Å². The van der Waals surface area contributed by atoms with Gasteiger partial charge in [-0.3, -0.25) is 9.48 Å². The van der Waals surface area contributed by atoms with Gasteiger partial charge in [-0.2, -0.15) is 5.10 Å². The minimum atomic E-state index is -0.279. The molecule has 1 aromatic carbocycles. The number of rotatable bonds is 7. The molecule has 7 heteroatoms. The molecule has 7 nitrogen and oxygen atoms in total. The van der Waals surface area contributed by atoms with Crippen molar-refractivity contribution in [3.05, 3.63) is 65.4 Å². The Hall–Kier alpha value is -3.22. The Kier molecular flexibility index (Phi) is 5.49. The van der Waals surface area contributed by atoms with Crippen molar-refractivity contribution in [2.75, 3.05) is 7.11 Å². The lowest BCUT2D eigenvalue weighted by molar-refractivity contribution is 0.0907. The smallest absolute Gasteiger partial charge is 0.287 e. The maximum Gasteiger partial charge on any atom is 0.287 e. The number of methoxy groups -OCH3 is 1. The third-order valence-electron chi connectivity index (χ3n) is 4.40. The molecule has 142 valence electrons. The van der Waals surface area contributed by atoms with Crippen molar-refractivity contribution in [2.24, 2.45) is 7.05 Å². The van der Waals surface area contributed by atoms with Crippen LogP contribution in [0.5, 0.6) is 11.5 Å². The molecule has 1 N–H and O–H groups in total. The van der Waals surface area contributed by atoms with Crippen LogP contribution in [0.4, 0.5) is 0 Å². The average molecular weight is 369 g/mol. The van der Waals surface area contributed by atoms with E-state index in [9.17, 15) is 4.79 Å². The molecule has 0 spiro atoms. The van der Waals surface area contributed by atoms with Crippen molar-refractivity contribution in [1.29, 1.82) is 0 Å². The lowest BCUT2D eigenvalue weighted by Crippen LogP contribution is -2.26. The zero-order chi connectivity index (χ0) is 19.4. The second kappa shape index (κ2) is 7.99. The van der Waals surface area contributed by atoms with Crippen LogP contribution in [-0.2, 0) is 13.7 Å². The van der Waals surface area contributed by atoms with Gasteiger partial charge in [0.05, 0.1) is 19.3 Å². The van der Waals surface area contributed by atoms with Crippen LogP contribution in [0.3, 0.4) is 0 Å². The van der Waals surface area contributed by atoms with E-state index in [0.717, 1.165) is 11.3 Å². The zero-order valence-electron chi connectivity index (χ0n) is 15.9. The van der Waals surface area contributed by atoms with Crippen LogP contribution in [-0.4, -0.2) is 22.8 Å². The molecular weight excluding hydrogens is 346 g/mol. The standard InChI is InChI=1S/C20H23N3O4/c1-13(18-11-21-23(3)14(18)2)22-20(24)19-9-8-17(27-19)12-26-16-7-5-6-15(10-16)25-4/h5-11,13H,12H2,1-4H3,(H,22,24).